The minimum absolute atomic E-state index is 0.00906. The number of carbonyl (C=O) groups is 3. The average molecular weight is 709 g/mol. The number of carbonyl (C=O) groups excluding carboxylic acids is 3. The van der Waals surface area contributed by atoms with E-state index < -0.39 is 17.1 Å². The zero-order valence-electron chi connectivity index (χ0n) is 27.9. The number of amides is 3. The molecule has 256 valence electrons. The topological polar surface area (TPSA) is 128 Å². The van der Waals surface area contributed by atoms with Crippen LogP contribution in [-0.2, 0) is 9.59 Å². The van der Waals surface area contributed by atoms with E-state index in [9.17, 15) is 14.4 Å². The molecule has 0 saturated carbocycles. The molecule has 0 saturated heterocycles. The predicted octanol–water partition coefficient (Wildman–Crippen LogP) is 7.75. The van der Waals surface area contributed by atoms with Gasteiger partial charge in [-0.2, -0.15) is 0 Å². The molecule has 0 fully saturated rings. The highest BCUT2D eigenvalue weighted by Crippen LogP contribution is 2.34. The molecule has 1 atom stereocenters. The van der Waals surface area contributed by atoms with E-state index in [1.54, 1.807) is 73.8 Å². The van der Waals surface area contributed by atoms with E-state index in [1.165, 1.54) is 43.4 Å². The molecule has 0 aliphatic rings. The first-order valence-electron chi connectivity index (χ1n) is 15.6. The van der Waals surface area contributed by atoms with Crippen molar-refractivity contribution in [1.82, 2.24) is 10.3 Å². The molecule has 0 bridgehead atoms. The first-order valence-corrected chi connectivity index (χ1v) is 17.4. The maximum Gasteiger partial charge on any atom is 0.272 e. The van der Waals surface area contributed by atoms with Crippen molar-refractivity contribution in [3.05, 3.63) is 119 Å². The van der Waals surface area contributed by atoms with Crippen LogP contribution >= 0.6 is 23.1 Å². The summed E-state index contributed by atoms with van der Waals surface area (Å²) in [4.78, 5) is 45.6. The van der Waals surface area contributed by atoms with Crippen LogP contribution in [0.15, 0.2) is 113 Å². The van der Waals surface area contributed by atoms with Crippen LogP contribution in [0.25, 0.3) is 17.3 Å². The van der Waals surface area contributed by atoms with Gasteiger partial charge in [0.25, 0.3) is 11.8 Å². The highest BCUT2D eigenvalue weighted by Gasteiger charge is 2.21. The van der Waals surface area contributed by atoms with Crippen LogP contribution < -0.4 is 30.2 Å². The Balaban J connectivity index is 1.32. The van der Waals surface area contributed by atoms with Crippen LogP contribution in [0, 0.1) is 0 Å². The Morgan fingerprint density at radius 3 is 2.30 bits per heavy atom. The van der Waals surface area contributed by atoms with Crippen molar-refractivity contribution in [3.8, 4) is 28.5 Å². The first-order chi connectivity index (χ1) is 24.3. The van der Waals surface area contributed by atoms with Gasteiger partial charge < -0.3 is 30.2 Å². The SMILES string of the molecule is CCC(Sc1cccc(NC(=O)/C(=C\c2cccc(OC)c2OC)NC(=O)c2ccccc2)c1)C(=O)Nc1nc(-c2ccccc2OC)cs1. The van der Waals surface area contributed by atoms with Gasteiger partial charge in [-0.15, -0.1) is 23.1 Å². The lowest BCUT2D eigenvalue weighted by Crippen LogP contribution is -2.30. The Morgan fingerprint density at radius 2 is 1.56 bits per heavy atom. The normalized spacial score (nSPS) is 11.6. The van der Waals surface area contributed by atoms with Gasteiger partial charge in [-0.3, -0.25) is 14.4 Å². The summed E-state index contributed by atoms with van der Waals surface area (Å²) in [6, 6.07) is 28.6. The number of thiazole rings is 1. The van der Waals surface area contributed by atoms with Crippen molar-refractivity contribution in [2.45, 2.75) is 23.5 Å². The molecule has 5 rings (SSSR count). The molecule has 50 heavy (non-hydrogen) atoms. The molecule has 1 aromatic heterocycles. The lowest BCUT2D eigenvalue weighted by Gasteiger charge is -2.16. The molecule has 10 nitrogen and oxygen atoms in total. The average Bonchev–Trinajstić information content (AvgIpc) is 3.61. The Kier molecular flexibility index (Phi) is 12.3. The summed E-state index contributed by atoms with van der Waals surface area (Å²) >= 11 is 2.71. The largest absolute Gasteiger partial charge is 0.496 e. The number of methoxy groups -OCH3 is 3. The molecule has 1 heterocycles. The molecule has 0 spiro atoms. The Bertz CT molecular complexity index is 2000. The summed E-state index contributed by atoms with van der Waals surface area (Å²) < 4.78 is 16.4. The number of nitrogens with one attached hydrogen (secondary N) is 3. The molecule has 3 amide bonds. The number of ether oxygens (including phenoxy) is 3. The van der Waals surface area contributed by atoms with Crippen LogP contribution in [0.5, 0.6) is 17.2 Å². The molecule has 0 aliphatic carbocycles. The van der Waals surface area contributed by atoms with Gasteiger partial charge in [0, 0.05) is 32.7 Å². The number of para-hydroxylation sites is 2. The number of aromatic nitrogens is 1. The third kappa shape index (κ3) is 8.90. The van der Waals surface area contributed by atoms with E-state index in [0.29, 0.717) is 51.3 Å². The lowest BCUT2D eigenvalue weighted by molar-refractivity contribution is -0.116. The second-order valence-corrected chi connectivity index (χ2v) is 12.8. The van der Waals surface area contributed by atoms with Crippen molar-refractivity contribution >= 4 is 57.7 Å². The number of rotatable bonds is 14. The smallest absolute Gasteiger partial charge is 0.272 e. The first kappa shape index (κ1) is 35.7. The van der Waals surface area contributed by atoms with Crippen LogP contribution in [0.3, 0.4) is 0 Å². The second-order valence-electron chi connectivity index (χ2n) is 10.7. The molecule has 3 N–H and O–H groups in total. The molecular weight excluding hydrogens is 673 g/mol. The van der Waals surface area contributed by atoms with E-state index in [-0.39, 0.29) is 11.6 Å². The third-order valence-electron chi connectivity index (χ3n) is 7.41. The molecule has 0 radical (unpaired) electrons. The third-order valence-corrected chi connectivity index (χ3v) is 9.53. The van der Waals surface area contributed by atoms with Crippen molar-refractivity contribution in [1.29, 1.82) is 0 Å². The van der Waals surface area contributed by atoms with Gasteiger partial charge in [-0.05, 0) is 61.0 Å². The maximum atomic E-state index is 13.7. The number of thioether (sulfide) groups is 1. The molecule has 0 aliphatic heterocycles. The molecule has 5 aromatic rings. The standard InChI is InChI=1S/C38H36N4O6S2/c1-5-33(37(45)42-38-41-30(23-49-38)28-18-9-10-19-31(28)46-2)50-27-17-12-16-26(22-27)39-36(44)29(40-35(43)24-13-7-6-8-14-24)21-25-15-11-20-32(47-3)34(25)48-4/h6-23,33H,5H2,1-4H3,(H,39,44)(H,40,43)(H,41,42,45)/b29-21+. The monoisotopic (exact) mass is 708 g/mol. The number of benzene rings is 4. The Morgan fingerprint density at radius 1 is 0.840 bits per heavy atom. The fourth-order valence-corrected chi connectivity index (χ4v) is 6.68. The molecule has 1 unspecified atom stereocenters. The highest BCUT2D eigenvalue weighted by molar-refractivity contribution is 8.00. The van der Waals surface area contributed by atoms with Crippen LogP contribution in [0.4, 0.5) is 10.8 Å². The molecule has 12 heteroatoms. The summed E-state index contributed by atoms with van der Waals surface area (Å²) in [5.74, 6) is 0.386. The zero-order chi connectivity index (χ0) is 35.5. The maximum absolute atomic E-state index is 13.7. The predicted molar refractivity (Wildman–Crippen MR) is 199 cm³/mol. The number of nitrogens with zero attached hydrogens (tertiary/aromatic N) is 1. The van der Waals surface area contributed by atoms with E-state index in [0.717, 1.165) is 10.5 Å². The summed E-state index contributed by atoms with van der Waals surface area (Å²) in [5.41, 5.74) is 2.94. The van der Waals surface area contributed by atoms with Crippen molar-refractivity contribution in [2.75, 3.05) is 32.0 Å². The number of anilines is 2. The van der Waals surface area contributed by atoms with E-state index in [1.807, 2.05) is 42.6 Å². The van der Waals surface area contributed by atoms with Crippen LogP contribution in [0.1, 0.15) is 29.3 Å². The van der Waals surface area contributed by atoms with Gasteiger partial charge in [0.2, 0.25) is 5.91 Å². The van der Waals surface area contributed by atoms with E-state index >= 15 is 0 Å². The number of hydrogen-bond donors (Lipinski definition) is 3. The minimum Gasteiger partial charge on any atom is -0.496 e. The van der Waals surface area contributed by atoms with Gasteiger partial charge in [0.05, 0.1) is 32.3 Å². The van der Waals surface area contributed by atoms with Crippen molar-refractivity contribution in [3.63, 3.8) is 0 Å². The summed E-state index contributed by atoms with van der Waals surface area (Å²) in [6.45, 7) is 1.93. The van der Waals surface area contributed by atoms with Gasteiger partial charge in [-0.25, -0.2) is 4.98 Å². The van der Waals surface area contributed by atoms with Crippen LogP contribution in [-0.4, -0.2) is 49.3 Å². The van der Waals surface area contributed by atoms with Crippen molar-refractivity contribution in [2.24, 2.45) is 0 Å². The van der Waals surface area contributed by atoms with E-state index in [4.69, 9.17) is 14.2 Å². The van der Waals surface area contributed by atoms with Gasteiger partial charge in [0.15, 0.2) is 16.6 Å². The van der Waals surface area contributed by atoms with Gasteiger partial charge in [-0.1, -0.05) is 55.5 Å². The fraction of sp³-hybridized carbons (Fsp3) is 0.158. The Hall–Kier alpha value is -5.59. The van der Waals surface area contributed by atoms with Gasteiger partial charge >= 0.3 is 0 Å². The zero-order valence-corrected chi connectivity index (χ0v) is 29.5. The number of hydrogen-bond acceptors (Lipinski definition) is 9. The Labute approximate surface area is 298 Å². The lowest BCUT2D eigenvalue weighted by atomic mass is 10.1. The minimum atomic E-state index is -0.555. The van der Waals surface area contributed by atoms with E-state index in [2.05, 4.69) is 20.9 Å². The molecular formula is C38H36N4O6S2. The summed E-state index contributed by atoms with van der Waals surface area (Å²) in [6.07, 6.45) is 2.09. The van der Waals surface area contributed by atoms with Gasteiger partial charge in [0.1, 0.15) is 11.4 Å². The second kappa shape index (κ2) is 17.2. The summed E-state index contributed by atoms with van der Waals surface area (Å²) in [5, 5.41) is 10.5. The molecule has 4 aromatic carbocycles. The summed E-state index contributed by atoms with van der Waals surface area (Å²) in [7, 11) is 4.63. The highest BCUT2D eigenvalue weighted by atomic mass is 32.2. The van der Waals surface area contributed by atoms with Crippen LogP contribution in [0.2, 0.25) is 0 Å². The van der Waals surface area contributed by atoms with Crippen molar-refractivity contribution < 1.29 is 28.6 Å². The quantitative estimate of drug-likeness (QED) is 0.0790. The fourth-order valence-electron chi connectivity index (χ4n) is 4.95.